The predicted molar refractivity (Wildman–Crippen MR) is 144 cm³/mol. The van der Waals surface area contributed by atoms with E-state index in [0.717, 1.165) is 50.5 Å². The van der Waals surface area contributed by atoms with Crippen LogP contribution in [0.2, 0.25) is 0 Å². The van der Waals surface area contributed by atoms with Gasteiger partial charge in [-0.15, -0.1) is 0 Å². The van der Waals surface area contributed by atoms with Crippen molar-refractivity contribution in [2.75, 3.05) is 6.61 Å². The van der Waals surface area contributed by atoms with Gasteiger partial charge >= 0.3 is 5.97 Å². The average Bonchev–Trinajstić information content (AvgIpc) is 2.80. The van der Waals surface area contributed by atoms with Gasteiger partial charge in [-0.3, -0.25) is 4.79 Å². The van der Waals surface area contributed by atoms with Gasteiger partial charge in [0.25, 0.3) is 0 Å². The van der Waals surface area contributed by atoms with Crippen LogP contribution in [0.25, 0.3) is 0 Å². The van der Waals surface area contributed by atoms with Crippen LogP contribution in [0.5, 0.6) is 0 Å². The number of allylic oxidation sites excluding steroid dienone is 6. The van der Waals surface area contributed by atoms with E-state index in [0.29, 0.717) is 12.5 Å². The standard InChI is InChI=1S/C31H48O2/c1-5-6-7-8-9-10-11-12-13-14-15-16-17-18-19-20-25-33-31(32)28(4)30-23-21-29(22-24-30)26-27(2)3/h9-10,12-13,15-16,21-24,27-28H,5-8,11,14,17-20,25-26H2,1-4H3/b10-9-,13-12-,16-15-. The van der Waals surface area contributed by atoms with Crippen molar-refractivity contribution in [1.29, 1.82) is 0 Å². The molecule has 33 heavy (non-hydrogen) atoms. The Morgan fingerprint density at radius 1 is 0.788 bits per heavy atom. The fourth-order valence-corrected chi connectivity index (χ4v) is 3.68. The highest BCUT2D eigenvalue weighted by Crippen LogP contribution is 2.19. The number of unbranched alkanes of at least 4 members (excludes halogenated alkanes) is 6. The molecule has 0 radical (unpaired) electrons. The molecule has 0 amide bonds. The zero-order chi connectivity index (χ0) is 24.2. The summed E-state index contributed by atoms with van der Waals surface area (Å²) in [5.41, 5.74) is 2.36. The molecule has 1 unspecified atom stereocenters. The first kappa shape index (κ1) is 28.9. The van der Waals surface area contributed by atoms with E-state index < -0.39 is 0 Å². The van der Waals surface area contributed by atoms with Gasteiger partial charge in [0.2, 0.25) is 0 Å². The molecule has 0 saturated carbocycles. The molecule has 1 aromatic carbocycles. The quantitative estimate of drug-likeness (QED) is 0.126. The second-order valence-corrected chi connectivity index (χ2v) is 9.46. The minimum absolute atomic E-state index is 0.117. The van der Waals surface area contributed by atoms with Gasteiger partial charge in [0.05, 0.1) is 12.5 Å². The van der Waals surface area contributed by atoms with Crippen molar-refractivity contribution in [2.24, 2.45) is 5.92 Å². The van der Waals surface area contributed by atoms with Crippen LogP contribution in [-0.4, -0.2) is 12.6 Å². The van der Waals surface area contributed by atoms with Gasteiger partial charge in [-0.1, -0.05) is 94.3 Å². The SMILES string of the molecule is CCCCC/C=C\C/C=C\C/C=C\CCCCCOC(=O)C(C)c1ccc(CC(C)C)cc1. The predicted octanol–water partition coefficient (Wildman–Crippen LogP) is 9.12. The van der Waals surface area contributed by atoms with E-state index in [4.69, 9.17) is 4.74 Å². The first-order valence-electron chi connectivity index (χ1n) is 13.2. The lowest BCUT2D eigenvalue weighted by Crippen LogP contribution is -2.14. The third kappa shape index (κ3) is 15.4. The Kier molecular flexibility index (Phi) is 17.0. The number of rotatable bonds is 18. The normalized spacial score (nSPS) is 13.0. The van der Waals surface area contributed by atoms with Crippen LogP contribution < -0.4 is 0 Å². The Morgan fingerprint density at radius 3 is 1.94 bits per heavy atom. The fraction of sp³-hybridized carbons (Fsp3) is 0.581. The lowest BCUT2D eigenvalue weighted by Gasteiger charge is -2.13. The highest BCUT2D eigenvalue weighted by molar-refractivity contribution is 5.77. The maximum absolute atomic E-state index is 12.3. The van der Waals surface area contributed by atoms with E-state index in [-0.39, 0.29) is 11.9 Å². The molecule has 0 N–H and O–H groups in total. The van der Waals surface area contributed by atoms with Crippen molar-refractivity contribution in [2.45, 2.75) is 104 Å². The number of carbonyl (C=O) groups excluding carboxylic acids is 1. The van der Waals surface area contributed by atoms with Gasteiger partial charge in [-0.25, -0.2) is 0 Å². The molecule has 1 aromatic rings. The largest absolute Gasteiger partial charge is 0.465 e. The van der Waals surface area contributed by atoms with Gasteiger partial charge in [0.1, 0.15) is 0 Å². The lowest BCUT2D eigenvalue weighted by molar-refractivity contribution is -0.145. The molecule has 0 fully saturated rings. The molecule has 2 heteroatoms. The lowest BCUT2D eigenvalue weighted by atomic mass is 9.97. The summed E-state index contributed by atoms with van der Waals surface area (Å²) in [7, 11) is 0. The van der Waals surface area contributed by atoms with E-state index in [1.165, 1.54) is 31.2 Å². The van der Waals surface area contributed by atoms with Gasteiger partial charge in [0, 0.05) is 0 Å². The third-order valence-corrected chi connectivity index (χ3v) is 5.76. The first-order valence-corrected chi connectivity index (χ1v) is 13.2. The van der Waals surface area contributed by atoms with Gasteiger partial charge in [0.15, 0.2) is 0 Å². The van der Waals surface area contributed by atoms with Crippen LogP contribution in [0.3, 0.4) is 0 Å². The second kappa shape index (κ2) is 19.4. The summed E-state index contributed by atoms with van der Waals surface area (Å²) in [6.45, 7) is 9.14. The molecule has 0 spiro atoms. The topological polar surface area (TPSA) is 26.3 Å². The van der Waals surface area contributed by atoms with E-state index >= 15 is 0 Å². The van der Waals surface area contributed by atoms with Crippen LogP contribution in [0.4, 0.5) is 0 Å². The molecule has 0 saturated heterocycles. The molecular weight excluding hydrogens is 404 g/mol. The summed E-state index contributed by atoms with van der Waals surface area (Å²) >= 11 is 0. The zero-order valence-corrected chi connectivity index (χ0v) is 21.7. The van der Waals surface area contributed by atoms with Crippen molar-refractivity contribution < 1.29 is 9.53 Å². The third-order valence-electron chi connectivity index (χ3n) is 5.76. The molecule has 0 aromatic heterocycles. The molecule has 2 nitrogen and oxygen atoms in total. The van der Waals surface area contributed by atoms with Crippen LogP contribution >= 0.6 is 0 Å². The van der Waals surface area contributed by atoms with E-state index in [2.05, 4.69) is 81.5 Å². The summed E-state index contributed by atoms with van der Waals surface area (Å²) in [4.78, 5) is 12.3. The highest BCUT2D eigenvalue weighted by Gasteiger charge is 2.16. The fourth-order valence-electron chi connectivity index (χ4n) is 3.68. The van der Waals surface area contributed by atoms with Crippen LogP contribution in [-0.2, 0) is 16.0 Å². The Labute approximate surface area is 204 Å². The maximum Gasteiger partial charge on any atom is 0.313 e. The Balaban J connectivity index is 2.05. The van der Waals surface area contributed by atoms with Crippen LogP contribution in [0, 0.1) is 5.92 Å². The molecule has 1 rings (SSSR count). The molecular formula is C31H48O2. The molecule has 0 aliphatic rings. The summed E-state index contributed by atoms with van der Waals surface area (Å²) in [6.07, 6.45) is 26.1. The Bertz CT molecular complexity index is 694. The van der Waals surface area contributed by atoms with Crippen molar-refractivity contribution in [3.05, 3.63) is 71.8 Å². The van der Waals surface area contributed by atoms with Crippen molar-refractivity contribution in [3.8, 4) is 0 Å². The van der Waals surface area contributed by atoms with Crippen molar-refractivity contribution >= 4 is 5.97 Å². The molecule has 0 aliphatic carbocycles. The molecule has 0 aliphatic heterocycles. The van der Waals surface area contributed by atoms with Crippen LogP contribution in [0.1, 0.15) is 109 Å². The van der Waals surface area contributed by atoms with Gasteiger partial charge in [-0.05, 0) is 81.8 Å². The maximum atomic E-state index is 12.3. The van der Waals surface area contributed by atoms with Gasteiger partial charge in [-0.2, -0.15) is 0 Å². The number of carbonyl (C=O) groups is 1. The number of benzene rings is 1. The first-order chi connectivity index (χ1) is 16.0. The summed E-state index contributed by atoms with van der Waals surface area (Å²) in [6, 6.07) is 8.40. The monoisotopic (exact) mass is 452 g/mol. The second-order valence-electron chi connectivity index (χ2n) is 9.46. The van der Waals surface area contributed by atoms with Crippen LogP contribution in [0.15, 0.2) is 60.7 Å². The molecule has 1 atom stereocenters. The van der Waals surface area contributed by atoms with E-state index in [1.54, 1.807) is 0 Å². The average molecular weight is 453 g/mol. The summed E-state index contributed by atoms with van der Waals surface area (Å²) in [5.74, 6) is 0.322. The van der Waals surface area contributed by atoms with E-state index in [1.807, 2.05) is 6.92 Å². The number of esters is 1. The van der Waals surface area contributed by atoms with Crippen molar-refractivity contribution in [3.63, 3.8) is 0 Å². The number of ether oxygens (including phenoxy) is 1. The van der Waals surface area contributed by atoms with Crippen molar-refractivity contribution in [1.82, 2.24) is 0 Å². The smallest absolute Gasteiger partial charge is 0.313 e. The molecule has 0 heterocycles. The van der Waals surface area contributed by atoms with Gasteiger partial charge < -0.3 is 4.74 Å². The number of hydrogen-bond acceptors (Lipinski definition) is 2. The van der Waals surface area contributed by atoms with E-state index in [9.17, 15) is 4.79 Å². The summed E-state index contributed by atoms with van der Waals surface area (Å²) < 4.78 is 5.50. The molecule has 0 bridgehead atoms. The minimum atomic E-state index is -0.203. The Hall–Kier alpha value is -2.09. The number of hydrogen-bond donors (Lipinski definition) is 0. The molecule has 184 valence electrons. The Morgan fingerprint density at radius 2 is 1.36 bits per heavy atom. The highest BCUT2D eigenvalue weighted by atomic mass is 16.5. The zero-order valence-electron chi connectivity index (χ0n) is 21.7. The summed E-state index contributed by atoms with van der Waals surface area (Å²) in [5, 5.41) is 0. The minimum Gasteiger partial charge on any atom is -0.465 e.